The number of halogens is 1. The van der Waals surface area contributed by atoms with Crippen LogP contribution in [0.1, 0.15) is 18.4 Å². The average Bonchev–Trinajstić information content (AvgIpc) is 3.01. The molecule has 0 aromatic heterocycles. The minimum atomic E-state index is -1.36. The lowest BCUT2D eigenvalue weighted by atomic mass is 9.68. The van der Waals surface area contributed by atoms with Gasteiger partial charge in [-0.2, -0.15) is 0 Å². The molecule has 23 heavy (non-hydrogen) atoms. The van der Waals surface area contributed by atoms with Crippen molar-refractivity contribution in [2.24, 2.45) is 5.41 Å². The third-order valence-corrected chi connectivity index (χ3v) is 5.27. The number of urea groups is 1. The van der Waals surface area contributed by atoms with Crippen LogP contribution in [0.4, 0.5) is 14.9 Å². The van der Waals surface area contributed by atoms with Gasteiger partial charge in [0.1, 0.15) is 5.82 Å². The number of amides is 4. The molecule has 2 unspecified atom stereocenters. The van der Waals surface area contributed by atoms with Gasteiger partial charge < -0.3 is 4.90 Å². The summed E-state index contributed by atoms with van der Waals surface area (Å²) in [5.74, 6) is -1.41. The molecule has 6 nitrogen and oxygen atoms in total. The summed E-state index contributed by atoms with van der Waals surface area (Å²) in [5, 5.41) is 2.28. The van der Waals surface area contributed by atoms with Gasteiger partial charge in [-0.3, -0.25) is 19.8 Å². The summed E-state index contributed by atoms with van der Waals surface area (Å²) < 4.78 is 14.3. The molecule has 3 aliphatic heterocycles. The molecule has 2 atom stereocenters. The van der Waals surface area contributed by atoms with E-state index in [-0.39, 0.29) is 12.2 Å². The van der Waals surface area contributed by atoms with Gasteiger partial charge in [-0.25, -0.2) is 9.18 Å². The molecule has 4 amide bonds. The number of para-hydroxylation sites is 1. The number of carbonyl (C=O) groups is 3. The van der Waals surface area contributed by atoms with Crippen LogP contribution in [-0.4, -0.2) is 42.4 Å². The Morgan fingerprint density at radius 3 is 2.87 bits per heavy atom. The molecule has 0 saturated carbocycles. The number of benzene rings is 1. The van der Waals surface area contributed by atoms with Gasteiger partial charge in [-0.05, 0) is 30.9 Å². The summed E-state index contributed by atoms with van der Waals surface area (Å²) in [4.78, 5) is 40.1. The maximum atomic E-state index is 14.3. The number of imide groups is 2. The van der Waals surface area contributed by atoms with Gasteiger partial charge in [0.15, 0.2) is 5.41 Å². The Labute approximate surface area is 132 Å². The second kappa shape index (κ2) is 4.53. The lowest BCUT2D eigenvalue weighted by Crippen LogP contribution is -2.70. The van der Waals surface area contributed by atoms with Crippen molar-refractivity contribution in [1.82, 2.24) is 10.2 Å². The topological polar surface area (TPSA) is 69.7 Å². The highest BCUT2D eigenvalue weighted by Gasteiger charge is 2.62. The number of hydrogen-bond acceptors (Lipinski definition) is 4. The maximum Gasteiger partial charge on any atom is 0.330 e. The van der Waals surface area contributed by atoms with Gasteiger partial charge >= 0.3 is 6.03 Å². The number of nitrogens with zero attached hydrogens (tertiary/aromatic N) is 2. The van der Waals surface area contributed by atoms with Crippen LogP contribution in [0.15, 0.2) is 18.2 Å². The van der Waals surface area contributed by atoms with E-state index in [0.717, 1.165) is 11.3 Å². The molecular weight excluding hydrogens is 301 g/mol. The first-order valence-electron chi connectivity index (χ1n) is 7.64. The molecule has 2 fully saturated rings. The molecule has 7 heteroatoms. The lowest BCUT2D eigenvalue weighted by Gasteiger charge is -2.48. The molecule has 120 valence electrons. The van der Waals surface area contributed by atoms with E-state index in [1.165, 1.54) is 13.1 Å². The van der Waals surface area contributed by atoms with E-state index in [9.17, 15) is 18.8 Å². The smallest absolute Gasteiger partial charge is 0.330 e. The lowest BCUT2D eigenvalue weighted by molar-refractivity contribution is -0.152. The third-order valence-electron chi connectivity index (χ3n) is 5.27. The number of nitrogens with one attached hydrogen (secondary N) is 1. The minimum absolute atomic E-state index is 0.115. The average molecular weight is 317 g/mol. The van der Waals surface area contributed by atoms with Crippen molar-refractivity contribution in [2.45, 2.75) is 25.3 Å². The molecule has 4 rings (SSSR count). The van der Waals surface area contributed by atoms with Gasteiger partial charge in [0.25, 0.3) is 0 Å². The molecule has 1 aromatic carbocycles. The standard InChI is InChI=1S/C16H16FN3O3/c1-19-14(22)16(13(21)18-15(19)23)8-9-4-2-5-10(17)12(9)20-7-3-6-11(16)20/h2,4-5,11H,3,6-8H2,1H3,(H,18,21,23). The van der Waals surface area contributed by atoms with Crippen molar-refractivity contribution >= 4 is 23.5 Å². The summed E-state index contributed by atoms with van der Waals surface area (Å²) in [6.45, 7) is 0.596. The molecule has 2 saturated heterocycles. The van der Waals surface area contributed by atoms with Crippen molar-refractivity contribution in [3.05, 3.63) is 29.6 Å². The predicted molar refractivity (Wildman–Crippen MR) is 79.2 cm³/mol. The molecule has 0 bridgehead atoms. The van der Waals surface area contributed by atoms with Gasteiger partial charge in [-0.1, -0.05) is 12.1 Å². The molecule has 3 heterocycles. The van der Waals surface area contributed by atoms with E-state index in [1.54, 1.807) is 12.1 Å². The SMILES string of the molecule is CN1C(=O)NC(=O)C2(Cc3cccc(F)c3N3CCCC32)C1=O. The van der Waals surface area contributed by atoms with Crippen LogP contribution in [0.2, 0.25) is 0 Å². The molecule has 1 aromatic rings. The second-order valence-electron chi connectivity index (χ2n) is 6.37. The second-order valence-corrected chi connectivity index (χ2v) is 6.37. The van der Waals surface area contributed by atoms with E-state index in [2.05, 4.69) is 5.32 Å². The zero-order valence-corrected chi connectivity index (χ0v) is 12.6. The van der Waals surface area contributed by atoms with Crippen LogP contribution >= 0.6 is 0 Å². The molecular formula is C16H16FN3O3. The molecule has 3 aliphatic rings. The fraction of sp³-hybridized carbons (Fsp3) is 0.438. The Morgan fingerprint density at radius 2 is 2.09 bits per heavy atom. The first kappa shape index (κ1) is 14.2. The van der Waals surface area contributed by atoms with Crippen LogP contribution in [-0.2, 0) is 16.0 Å². The number of hydrogen-bond donors (Lipinski definition) is 1. The van der Waals surface area contributed by atoms with Crippen LogP contribution < -0.4 is 10.2 Å². The van der Waals surface area contributed by atoms with E-state index >= 15 is 0 Å². The number of carbonyl (C=O) groups excluding carboxylic acids is 3. The van der Waals surface area contributed by atoms with Gasteiger partial charge in [0.05, 0.1) is 11.7 Å². The van der Waals surface area contributed by atoms with E-state index < -0.39 is 29.3 Å². The van der Waals surface area contributed by atoms with E-state index in [4.69, 9.17) is 0 Å². The van der Waals surface area contributed by atoms with Gasteiger partial charge in [-0.15, -0.1) is 0 Å². The number of rotatable bonds is 0. The van der Waals surface area contributed by atoms with Gasteiger partial charge in [0.2, 0.25) is 11.8 Å². The summed E-state index contributed by atoms with van der Waals surface area (Å²) in [5.41, 5.74) is -0.241. The number of anilines is 1. The fourth-order valence-corrected chi connectivity index (χ4v) is 4.22. The zero-order chi connectivity index (χ0) is 16.4. The monoisotopic (exact) mass is 317 g/mol. The highest BCUT2D eigenvalue weighted by molar-refractivity contribution is 6.20. The van der Waals surface area contributed by atoms with Crippen molar-refractivity contribution in [3.63, 3.8) is 0 Å². The minimum Gasteiger partial charge on any atom is -0.364 e. The predicted octanol–water partition coefficient (Wildman–Crippen LogP) is 1.05. The first-order chi connectivity index (χ1) is 11.0. The summed E-state index contributed by atoms with van der Waals surface area (Å²) in [7, 11) is 1.37. The molecule has 1 spiro atoms. The quantitative estimate of drug-likeness (QED) is 0.726. The maximum absolute atomic E-state index is 14.3. The third kappa shape index (κ3) is 1.64. The van der Waals surface area contributed by atoms with Crippen LogP contribution in [0.25, 0.3) is 0 Å². The Bertz CT molecular complexity index is 750. The summed E-state index contributed by atoms with van der Waals surface area (Å²) >= 11 is 0. The van der Waals surface area contributed by atoms with Crippen LogP contribution in [0.5, 0.6) is 0 Å². The Kier molecular flexibility index (Phi) is 2.79. The Hall–Kier alpha value is -2.44. The van der Waals surface area contributed by atoms with Crippen molar-refractivity contribution in [2.75, 3.05) is 18.5 Å². The normalized spacial score (nSPS) is 29.7. The zero-order valence-electron chi connectivity index (χ0n) is 12.6. The highest BCUT2D eigenvalue weighted by Crippen LogP contribution is 2.48. The van der Waals surface area contributed by atoms with Gasteiger partial charge in [0, 0.05) is 13.6 Å². The highest BCUT2D eigenvalue weighted by atomic mass is 19.1. The molecule has 0 aliphatic carbocycles. The summed E-state index contributed by atoms with van der Waals surface area (Å²) in [6.07, 6.45) is 1.51. The summed E-state index contributed by atoms with van der Waals surface area (Å²) in [6, 6.07) is 3.59. The number of barbiturate groups is 1. The largest absolute Gasteiger partial charge is 0.364 e. The van der Waals surface area contributed by atoms with Crippen molar-refractivity contribution in [1.29, 1.82) is 0 Å². The van der Waals surface area contributed by atoms with Crippen LogP contribution in [0.3, 0.4) is 0 Å². The Balaban J connectivity index is 1.92. The van der Waals surface area contributed by atoms with E-state index in [0.29, 0.717) is 24.2 Å². The van der Waals surface area contributed by atoms with Crippen molar-refractivity contribution in [3.8, 4) is 0 Å². The Morgan fingerprint density at radius 1 is 1.30 bits per heavy atom. The first-order valence-corrected chi connectivity index (χ1v) is 7.64. The van der Waals surface area contributed by atoms with E-state index in [1.807, 2.05) is 4.90 Å². The number of fused-ring (bicyclic) bond motifs is 4. The molecule has 1 N–H and O–H groups in total. The van der Waals surface area contributed by atoms with Crippen LogP contribution in [0, 0.1) is 11.2 Å². The molecule has 0 radical (unpaired) electrons. The fourth-order valence-electron chi connectivity index (χ4n) is 4.22. The van der Waals surface area contributed by atoms with Crippen molar-refractivity contribution < 1.29 is 18.8 Å².